The number of piperazine rings is 1. The topological polar surface area (TPSA) is 78.0 Å². The Hall–Kier alpha value is -2.33. The van der Waals surface area contributed by atoms with Gasteiger partial charge in [0.15, 0.2) is 0 Å². The van der Waals surface area contributed by atoms with Crippen molar-refractivity contribution in [3.63, 3.8) is 0 Å². The maximum atomic E-state index is 12.4. The maximum Gasteiger partial charge on any atom is 0.236 e. The summed E-state index contributed by atoms with van der Waals surface area (Å²) in [7, 11) is 0. The average molecular weight is 458 g/mol. The molecular weight excluding hydrogens is 426 g/mol. The van der Waals surface area contributed by atoms with Gasteiger partial charge in [0.1, 0.15) is 5.01 Å². The van der Waals surface area contributed by atoms with Gasteiger partial charge in [-0.3, -0.25) is 19.4 Å². The summed E-state index contributed by atoms with van der Waals surface area (Å²) in [5.74, 6) is 0.156. The second-order valence-electron chi connectivity index (χ2n) is 8.37. The van der Waals surface area contributed by atoms with Crippen molar-refractivity contribution in [2.45, 2.75) is 19.9 Å². The number of nitrogens with one attached hydrogen (secondary N) is 1. The molecule has 2 amide bonds. The Balaban J connectivity index is 1.18. The predicted octanol–water partition coefficient (Wildman–Crippen LogP) is 1.61. The number of carbonyl (C=O) groups excluding carboxylic acids is 2. The van der Waals surface area contributed by atoms with E-state index in [1.54, 1.807) is 0 Å². The van der Waals surface area contributed by atoms with E-state index in [0.717, 1.165) is 54.7 Å². The molecule has 2 aromatic rings. The minimum Gasteiger partial charge on any atom is -0.378 e. The summed E-state index contributed by atoms with van der Waals surface area (Å²) < 4.78 is 5.32. The van der Waals surface area contributed by atoms with Gasteiger partial charge in [-0.25, -0.2) is 4.98 Å². The molecule has 1 N–H and O–H groups in total. The number of hydrogen-bond acceptors (Lipinski definition) is 7. The number of hydrogen-bond donors (Lipinski definition) is 1. The van der Waals surface area contributed by atoms with E-state index in [0.29, 0.717) is 32.8 Å². The molecule has 1 aromatic heterocycles. The normalized spacial score (nSPS) is 18.0. The molecule has 172 valence electrons. The van der Waals surface area contributed by atoms with Gasteiger partial charge in [0.05, 0.1) is 31.9 Å². The van der Waals surface area contributed by atoms with Crippen LogP contribution in [-0.2, 0) is 27.3 Å². The molecule has 4 rings (SSSR count). The van der Waals surface area contributed by atoms with Crippen molar-refractivity contribution in [1.29, 1.82) is 0 Å². The molecule has 32 heavy (non-hydrogen) atoms. The van der Waals surface area contributed by atoms with E-state index in [2.05, 4.69) is 20.1 Å². The largest absolute Gasteiger partial charge is 0.378 e. The van der Waals surface area contributed by atoms with Gasteiger partial charge < -0.3 is 15.0 Å². The number of aryl methyl sites for hydroxylation is 1. The highest BCUT2D eigenvalue weighted by Crippen LogP contribution is 2.15. The van der Waals surface area contributed by atoms with Gasteiger partial charge in [-0.1, -0.05) is 17.7 Å². The number of carbonyl (C=O) groups is 2. The number of benzene rings is 1. The zero-order chi connectivity index (χ0) is 22.3. The summed E-state index contributed by atoms with van der Waals surface area (Å²) in [5.41, 5.74) is 2.98. The standard InChI is InChI=1S/C23H31N5O3S/c1-18-2-4-19(5-3-18)24-21(29)14-22-25-20(17-32-22)15-26-6-8-27(9-7-26)16-23(30)28-10-12-31-13-11-28/h2-5,17H,6-16H2,1H3,(H,24,29). The Kier molecular flexibility index (Phi) is 7.85. The molecule has 3 heterocycles. The monoisotopic (exact) mass is 457 g/mol. The summed E-state index contributed by atoms with van der Waals surface area (Å²) in [4.78, 5) is 35.9. The lowest BCUT2D eigenvalue weighted by molar-refractivity contribution is -0.136. The summed E-state index contributed by atoms with van der Waals surface area (Å²) in [6.45, 7) is 9.57. The van der Waals surface area contributed by atoms with E-state index in [1.807, 2.05) is 41.5 Å². The zero-order valence-electron chi connectivity index (χ0n) is 18.6. The van der Waals surface area contributed by atoms with Crippen LogP contribution in [0.1, 0.15) is 16.3 Å². The molecule has 2 aliphatic heterocycles. The second-order valence-corrected chi connectivity index (χ2v) is 9.31. The molecular formula is C23H31N5O3S. The Morgan fingerprint density at radius 2 is 1.72 bits per heavy atom. The highest BCUT2D eigenvalue weighted by atomic mass is 32.1. The number of morpholine rings is 1. The van der Waals surface area contributed by atoms with Crippen LogP contribution in [0.5, 0.6) is 0 Å². The first-order chi connectivity index (χ1) is 15.5. The van der Waals surface area contributed by atoms with Crippen LogP contribution in [0.15, 0.2) is 29.6 Å². The fourth-order valence-electron chi connectivity index (χ4n) is 3.92. The van der Waals surface area contributed by atoms with Crippen LogP contribution >= 0.6 is 11.3 Å². The number of thiazole rings is 1. The molecule has 2 saturated heterocycles. The van der Waals surface area contributed by atoms with Crippen molar-refractivity contribution in [3.8, 4) is 0 Å². The van der Waals surface area contributed by atoms with Crippen LogP contribution < -0.4 is 5.32 Å². The van der Waals surface area contributed by atoms with E-state index in [9.17, 15) is 9.59 Å². The van der Waals surface area contributed by atoms with Crippen molar-refractivity contribution in [2.75, 3.05) is 64.3 Å². The number of nitrogens with zero attached hydrogens (tertiary/aromatic N) is 4. The molecule has 0 atom stereocenters. The van der Waals surface area contributed by atoms with E-state index in [1.165, 1.54) is 11.3 Å². The lowest BCUT2D eigenvalue weighted by Gasteiger charge is -2.35. The van der Waals surface area contributed by atoms with Crippen LogP contribution in [0.2, 0.25) is 0 Å². The van der Waals surface area contributed by atoms with Crippen LogP contribution in [0.4, 0.5) is 5.69 Å². The van der Waals surface area contributed by atoms with Crippen LogP contribution in [0, 0.1) is 6.92 Å². The first-order valence-corrected chi connectivity index (χ1v) is 12.0. The second kappa shape index (κ2) is 11.0. The van der Waals surface area contributed by atoms with Crippen LogP contribution in [-0.4, -0.2) is 90.5 Å². The number of ether oxygens (including phenoxy) is 1. The Labute approximate surface area is 193 Å². The van der Waals surface area contributed by atoms with Crippen molar-refractivity contribution in [1.82, 2.24) is 19.7 Å². The van der Waals surface area contributed by atoms with E-state index >= 15 is 0 Å². The van der Waals surface area contributed by atoms with Crippen molar-refractivity contribution in [3.05, 3.63) is 45.9 Å². The third kappa shape index (κ3) is 6.59. The fraction of sp³-hybridized carbons (Fsp3) is 0.522. The van der Waals surface area contributed by atoms with Gasteiger partial charge in [-0.15, -0.1) is 11.3 Å². The summed E-state index contributed by atoms with van der Waals surface area (Å²) in [6, 6.07) is 7.79. The average Bonchev–Trinajstić information content (AvgIpc) is 3.23. The molecule has 0 radical (unpaired) electrons. The zero-order valence-corrected chi connectivity index (χ0v) is 19.4. The maximum absolute atomic E-state index is 12.4. The lowest BCUT2D eigenvalue weighted by Crippen LogP contribution is -2.51. The third-order valence-corrected chi connectivity index (χ3v) is 6.72. The smallest absolute Gasteiger partial charge is 0.236 e. The molecule has 2 aliphatic rings. The Bertz CT molecular complexity index is 903. The number of anilines is 1. The first-order valence-electron chi connectivity index (χ1n) is 11.2. The minimum absolute atomic E-state index is 0.0479. The van der Waals surface area contributed by atoms with Crippen molar-refractivity contribution < 1.29 is 14.3 Å². The van der Waals surface area contributed by atoms with Gasteiger partial charge >= 0.3 is 0 Å². The summed E-state index contributed by atoms with van der Waals surface area (Å²) in [6.07, 6.45) is 0.288. The number of rotatable bonds is 7. The van der Waals surface area contributed by atoms with Gasteiger partial charge in [-0.2, -0.15) is 0 Å². The highest BCUT2D eigenvalue weighted by Gasteiger charge is 2.23. The Morgan fingerprint density at radius 3 is 2.44 bits per heavy atom. The summed E-state index contributed by atoms with van der Waals surface area (Å²) >= 11 is 1.53. The molecule has 0 aliphatic carbocycles. The fourth-order valence-corrected chi connectivity index (χ4v) is 4.70. The van der Waals surface area contributed by atoms with Crippen LogP contribution in [0.25, 0.3) is 0 Å². The molecule has 0 spiro atoms. The highest BCUT2D eigenvalue weighted by molar-refractivity contribution is 7.09. The van der Waals surface area contributed by atoms with Crippen molar-refractivity contribution >= 4 is 28.8 Å². The van der Waals surface area contributed by atoms with Gasteiger partial charge in [-0.05, 0) is 19.1 Å². The molecule has 0 bridgehead atoms. The van der Waals surface area contributed by atoms with Crippen molar-refractivity contribution in [2.24, 2.45) is 0 Å². The molecule has 1 aromatic carbocycles. The molecule has 8 nitrogen and oxygen atoms in total. The Morgan fingerprint density at radius 1 is 1.03 bits per heavy atom. The molecule has 9 heteroatoms. The predicted molar refractivity (Wildman–Crippen MR) is 125 cm³/mol. The SMILES string of the molecule is Cc1ccc(NC(=O)Cc2nc(CN3CCN(CC(=O)N4CCOCC4)CC3)cs2)cc1. The van der Waals surface area contributed by atoms with E-state index < -0.39 is 0 Å². The summed E-state index contributed by atoms with van der Waals surface area (Å²) in [5, 5.41) is 5.80. The lowest BCUT2D eigenvalue weighted by atomic mass is 10.2. The van der Waals surface area contributed by atoms with Crippen LogP contribution in [0.3, 0.4) is 0 Å². The van der Waals surface area contributed by atoms with Gasteiger partial charge in [0.25, 0.3) is 0 Å². The minimum atomic E-state index is -0.0479. The number of aromatic nitrogens is 1. The molecule has 2 fully saturated rings. The quantitative estimate of drug-likeness (QED) is 0.681. The number of amides is 2. The molecule has 0 saturated carbocycles. The first kappa shape index (κ1) is 22.8. The van der Waals surface area contributed by atoms with Gasteiger partial charge in [0.2, 0.25) is 11.8 Å². The third-order valence-electron chi connectivity index (χ3n) is 5.82. The molecule has 0 unspecified atom stereocenters. The van der Waals surface area contributed by atoms with E-state index in [4.69, 9.17) is 4.74 Å². The van der Waals surface area contributed by atoms with E-state index in [-0.39, 0.29) is 18.2 Å². The van der Waals surface area contributed by atoms with Gasteiger partial charge in [0, 0.05) is 56.9 Å².